The molecule has 0 aliphatic rings. The molecule has 0 spiro atoms. The van der Waals surface area contributed by atoms with Crippen LogP contribution in [0.3, 0.4) is 0 Å². The van der Waals surface area contributed by atoms with Crippen LogP contribution in [0.5, 0.6) is 34.5 Å². The van der Waals surface area contributed by atoms with Gasteiger partial charge in [0.15, 0.2) is 0 Å². The van der Waals surface area contributed by atoms with Crippen LogP contribution >= 0.6 is 126 Å². The number of phenols is 6. The first-order valence-electron chi connectivity index (χ1n) is 47.3. The van der Waals surface area contributed by atoms with Crippen molar-refractivity contribution in [1.29, 1.82) is 0 Å². The zero-order valence-corrected chi connectivity index (χ0v) is 98.6. The fraction of sp³-hybridized carbons (Fsp3) is 0.288. The molecule has 12 N–H and O–H groups in total. The summed E-state index contributed by atoms with van der Waals surface area (Å²) in [7, 11) is 13.4. The molecule has 6 atom stereocenters. The van der Waals surface area contributed by atoms with Gasteiger partial charge in [0.25, 0.3) is 0 Å². The largest absolute Gasteiger partial charge is 0.507 e. The maximum atomic E-state index is 13.7. The van der Waals surface area contributed by atoms with Crippen molar-refractivity contribution in [1.82, 2.24) is 31.9 Å². The minimum Gasteiger partial charge on any atom is -0.507 e. The van der Waals surface area contributed by atoms with Crippen LogP contribution in [0, 0.1) is 51.0 Å². The Morgan fingerprint density at radius 3 is 0.904 bits per heavy atom. The number of aryl methyl sites for hydroxylation is 4. The number of benzene rings is 14. The van der Waals surface area contributed by atoms with E-state index in [0.29, 0.717) is 104 Å². The number of halogens is 10. The number of hydrogen-bond donors (Lipinski definition) is 12. The molecular formula is C118H150Cl6F4N6O6P6. The Morgan fingerprint density at radius 1 is 0.226 bits per heavy atom. The van der Waals surface area contributed by atoms with Crippen molar-refractivity contribution in [3.8, 4) is 34.5 Å². The molecule has 146 heavy (non-hydrogen) atoms. The number of rotatable bonds is 28. The molecule has 0 saturated carbocycles. The summed E-state index contributed by atoms with van der Waals surface area (Å²) in [5.74, 6) is 1.30. The third-order valence-electron chi connectivity index (χ3n) is 23.2. The first kappa shape index (κ1) is 132. The van der Waals surface area contributed by atoms with E-state index in [2.05, 4.69) is 224 Å². The molecule has 0 aliphatic carbocycles. The third kappa shape index (κ3) is 40.4. The van der Waals surface area contributed by atoms with Gasteiger partial charge in [-0.2, -0.15) is 0 Å². The summed E-state index contributed by atoms with van der Waals surface area (Å²) in [6.07, 6.45) is 1.64. The molecule has 0 fully saturated rings. The van der Waals surface area contributed by atoms with Crippen LogP contribution in [-0.4, -0.2) is 72.9 Å². The maximum Gasteiger partial charge on any atom is 0.127 e. The van der Waals surface area contributed by atoms with Gasteiger partial charge in [0.05, 0.1) is 0 Å². The number of nitrogens with one attached hydrogen (secondary N) is 6. The lowest BCUT2D eigenvalue weighted by molar-refractivity contribution is 0.448. The van der Waals surface area contributed by atoms with Crippen molar-refractivity contribution in [3.63, 3.8) is 0 Å². The van der Waals surface area contributed by atoms with Crippen molar-refractivity contribution in [2.24, 2.45) is 0 Å². The molecule has 12 nitrogen and oxygen atoms in total. The first-order chi connectivity index (χ1) is 66.4. The van der Waals surface area contributed by atoms with Gasteiger partial charge >= 0.3 is 0 Å². The van der Waals surface area contributed by atoms with Gasteiger partial charge in [0, 0.05) is 88.6 Å². The fourth-order valence-corrected chi connectivity index (χ4v) is 23.6. The molecule has 28 heteroatoms. The molecule has 788 valence electrons. The summed E-state index contributed by atoms with van der Waals surface area (Å²) < 4.78 is 54.0. The van der Waals surface area contributed by atoms with E-state index in [9.17, 15) is 48.2 Å². The molecule has 0 aliphatic heterocycles. The second-order valence-electron chi connectivity index (χ2n) is 39.2. The molecular weight excluding hydrogens is 2070 g/mol. The predicted molar refractivity (Wildman–Crippen MR) is 645 cm³/mol. The molecule has 0 saturated heterocycles. The van der Waals surface area contributed by atoms with Crippen molar-refractivity contribution in [2.45, 2.75) is 185 Å². The highest BCUT2D eigenvalue weighted by Crippen LogP contribution is 2.40. The van der Waals surface area contributed by atoms with E-state index in [1.54, 1.807) is 30.3 Å². The number of para-hydroxylation sites is 1. The smallest absolute Gasteiger partial charge is 0.127 e. The average Bonchev–Trinajstić information content (AvgIpc) is 0.778. The van der Waals surface area contributed by atoms with Gasteiger partial charge in [0.2, 0.25) is 0 Å². The molecule has 0 bridgehead atoms. The molecule has 0 aromatic heterocycles. The molecule has 14 rings (SSSR count). The van der Waals surface area contributed by atoms with Crippen molar-refractivity contribution >= 4 is 190 Å². The lowest BCUT2D eigenvalue weighted by Crippen LogP contribution is -2.22. The van der Waals surface area contributed by atoms with Gasteiger partial charge < -0.3 is 62.5 Å². The van der Waals surface area contributed by atoms with Gasteiger partial charge in [0.1, 0.15) is 57.8 Å². The zero-order valence-electron chi connectivity index (χ0n) is 87.7. The second kappa shape index (κ2) is 63.1. The second-order valence-corrected chi connectivity index (χ2v) is 47.2. The highest BCUT2D eigenvalue weighted by molar-refractivity contribution is 7.57. The van der Waals surface area contributed by atoms with Gasteiger partial charge in [-0.1, -0.05) is 317 Å². The van der Waals surface area contributed by atoms with Crippen LogP contribution in [0.15, 0.2) is 267 Å². The van der Waals surface area contributed by atoms with Gasteiger partial charge in [-0.15, -0.1) is 74.4 Å². The number of hydrogen-bond acceptors (Lipinski definition) is 12. The summed E-state index contributed by atoms with van der Waals surface area (Å²) in [5, 5.41) is 94.5. The van der Waals surface area contributed by atoms with Crippen LogP contribution < -0.4 is 95.6 Å². The third-order valence-corrected chi connectivity index (χ3v) is 31.7. The van der Waals surface area contributed by atoms with Crippen LogP contribution in [-0.2, 0) is 73.8 Å². The Morgan fingerprint density at radius 2 is 0.521 bits per heavy atom. The number of aromatic hydroxyl groups is 6. The molecule has 0 amide bonds. The molecule has 0 heterocycles. The Bertz CT molecular complexity index is 6350. The topological polar surface area (TPSA) is 194 Å². The zero-order chi connectivity index (χ0) is 102. The average molecular weight is 2220 g/mol. The van der Waals surface area contributed by atoms with Crippen LogP contribution in [0.4, 0.5) is 17.6 Å². The summed E-state index contributed by atoms with van der Waals surface area (Å²) in [5.41, 5.74) is 19.1. The monoisotopic (exact) mass is 2220 g/mol. The van der Waals surface area contributed by atoms with Crippen molar-refractivity contribution in [2.75, 3.05) is 42.3 Å². The predicted octanol–water partition coefficient (Wildman–Crippen LogP) is 23.1. The van der Waals surface area contributed by atoms with Gasteiger partial charge in [-0.25, -0.2) is 17.6 Å². The quantitative estimate of drug-likeness (QED) is 0.0164. The lowest BCUT2D eigenvalue weighted by Gasteiger charge is -2.27. The van der Waals surface area contributed by atoms with E-state index in [1.165, 1.54) is 73.8 Å². The standard InChI is InChI=1S/C22H31FNOP.2C21H22NOP.2C19H25FNOP.C16H19FNOP.6ClH/c1-21(2,3)15-11-17(22(4,5)6)20(25)19(12-15)26-18-9-8-16(23)10-14(18)13-24-7;1-22-15-18-10-5-6-12-19(18)24-20-13-7-11-17(21(20)23)14-16-8-3-2-4-9-16;1-22-15-18-9-5-6-10-20(18)24-21-14-17(11-12-19(21)23)13-16-7-3-2-4-8-16;1-12-8-14(19(2,3)4)10-17(18(12)22)23-16-7-6-15(20)9-13(16)11-21-5;1-12-8-15(19(2,3)4)18(22)17(9-12)23-16-7-6-14(20)10-13(16)11-21-5;1-10-6-11(2)16(19)15(7-10)20-14-5-4-13(17)8-12(14)9-18-3;;;;;;/h8-12,24-26H,13H2,1-7H3;2-13,22-24H,14-15H2,1H3;2-12,14,22-24H,13,15H2,1H3;2*6-10,21-23H,11H2,1-5H3;4-8,18-20H,9H2,1-3H3;6*1H. The Hall–Kier alpha value is -8.32. The van der Waals surface area contributed by atoms with Gasteiger partial charge in [-0.05, 0) is 304 Å². The van der Waals surface area contributed by atoms with E-state index in [1.807, 2.05) is 173 Å². The van der Waals surface area contributed by atoms with E-state index in [-0.39, 0.29) is 128 Å². The number of phenolic OH excluding ortho intramolecular Hbond substituents is 6. The Kier molecular flexibility index (Phi) is 57.0. The summed E-state index contributed by atoms with van der Waals surface area (Å²) in [4.78, 5) is 0. The lowest BCUT2D eigenvalue weighted by atomic mass is 9.80. The van der Waals surface area contributed by atoms with E-state index in [4.69, 9.17) is 0 Å². The highest BCUT2D eigenvalue weighted by Gasteiger charge is 2.28. The Labute approximate surface area is 914 Å². The summed E-state index contributed by atoms with van der Waals surface area (Å²) in [6, 6.07) is 85.4. The fourth-order valence-electron chi connectivity index (χ4n) is 15.7. The van der Waals surface area contributed by atoms with Crippen molar-refractivity contribution < 1.29 is 48.2 Å². The van der Waals surface area contributed by atoms with E-state index < -0.39 is 0 Å². The van der Waals surface area contributed by atoms with E-state index in [0.717, 1.165) is 140 Å². The van der Waals surface area contributed by atoms with Crippen molar-refractivity contribution in [3.05, 3.63) is 390 Å². The molecule has 6 unspecified atom stereocenters. The maximum absolute atomic E-state index is 13.7. The molecule has 0 radical (unpaired) electrons. The summed E-state index contributed by atoms with van der Waals surface area (Å²) in [6.45, 7) is 37.7. The summed E-state index contributed by atoms with van der Waals surface area (Å²) >= 11 is 0. The minimum absolute atomic E-state index is 0. The van der Waals surface area contributed by atoms with Gasteiger partial charge in [-0.3, -0.25) is 0 Å². The molecule has 14 aromatic rings. The van der Waals surface area contributed by atoms with E-state index >= 15 is 0 Å². The van der Waals surface area contributed by atoms with Crippen LogP contribution in [0.2, 0.25) is 0 Å². The first-order valence-corrected chi connectivity index (χ1v) is 53.3. The van der Waals surface area contributed by atoms with Crippen LogP contribution in [0.25, 0.3) is 0 Å². The van der Waals surface area contributed by atoms with Crippen LogP contribution in [0.1, 0.15) is 183 Å². The normalized spacial score (nSPS) is 11.4. The minimum atomic E-state index is -0.230. The Balaban J connectivity index is 0.000000447. The molecule has 14 aromatic carbocycles. The highest BCUT2D eigenvalue weighted by atomic mass is 35.5. The SMILES string of the molecule is CNCc1cc(F)ccc1Pc1cc(C(C)(C)C)cc(C(C)(C)C)c1O.CNCc1cc(F)ccc1Pc1cc(C(C)(C)C)cc(C)c1O.CNCc1cc(F)ccc1Pc1cc(C)cc(C(C)(C)C)c1O.CNCc1cc(F)ccc1Pc1cc(C)cc(C)c1O.CNCc1ccccc1Pc1cc(Cc2ccccc2)ccc1O.CNCc1ccccc1Pc1cccc(Cc2ccccc2)c1O.Cl.Cl.Cl.Cl.Cl.Cl.